The van der Waals surface area contributed by atoms with Gasteiger partial charge in [0.25, 0.3) is 0 Å². The summed E-state index contributed by atoms with van der Waals surface area (Å²) >= 11 is 5.98. The maximum atomic E-state index is 10.4. The molecule has 0 amide bonds. The van der Waals surface area contributed by atoms with E-state index >= 15 is 0 Å². The van der Waals surface area contributed by atoms with Crippen LogP contribution in [0.4, 0.5) is 0 Å². The van der Waals surface area contributed by atoms with E-state index in [1.165, 1.54) is 19.3 Å². The minimum Gasteiger partial charge on any atom is -0.487 e. The molecule has 1 heterocycles. The van der Waals surface area contributed by atoms with Gasteiger partial charge in [0.1, 0.15) is 11.4 Å². The molecule has 18 heavy (non-hydrogen) atoms. The number of fused-ring (bicyclic) bond motifs is 1. The van der Waals surface area contributed by atoms with E-state index in [0.29, 0.717) is 17.4 Å². The normalized spacial score (nSPS) is 35.1. The van der Waals surface area contributed by atoms with Gasteiger partial charge in [-0.1, -0.05) is 24.9 Å². The maximum Gasteiger partial charge on any atom is 0.126 e. The molecular formula is C15H19ClO2. The smallest absolute Gasteiger partial charge is 0.126 e. The summed E-state index contributed by atoms with van der Waals surface area (Å²) in [5, 5.41) is 11.0. The van der Waals surface area contributed by atoms with Crippen LogP contribution in [0.25, 0.3) is 0 Å². The third-order valence-corrected chi connectivity index (χ3v) is 4.80. The molecule has 1 N–H and O–H groups in total. The van der Waals surface area contributed by atoms with Crippen LogP contribution in [0.1, 0.15) is 50.7 Å². The van der Waals surface area contributed by atoms with Gasteiger partial charge in [0.15, 0.2) is 0 Å². The van der Waals surface area contributed by atoms with Gasteiger partial charge in [-0.2, -0.15) is 0 Å². The number of hydrogen-bond acceptors (Lipinski definition) is 2. The van der Waals surface area contributed by atoms with Crippen LogP contribution in [0.5, 0.6) is 5.75 Å². The molecule has 1 saturated carbocycles. The van der Waals surface area contributed by atoms with E-state index in [1.54, 1.807) is 0 Å². The van der Waals surface area contributed by atoms with Crippen molar-refractivity contribution in [2.24, 2.45) is 5.92 Å². The topological polar surface area (TPSA) is 29.5 Å². The molecule has 3 heteroatoms. The second-order valence-corrected chi connectivity index (χ2v) is 6.15. The number of ether oxygens (including phenoxy) is 1. The largest absolute Gasteiger partial charge is 0.487 e. The monoisotopic (exact) mass is 266 g/mol. The van der Waals surface area contributed by atoms with Crippen molar-refractivity contribution in [3.8, 4) is 5.75 Å². The minimum atomic E-state index is -0.451. The van der Waals surface area contributed by atoms with Gasteiger partial charge in [0.05, 0.1) is 6.10 Å². The zero-order valence-corrected chi connectivity index (χ0v) is 11.4. The molecule has 1 aliphatic carbocycles. The molecule has 3 rings (SSSR count). The molecule has 1 aromatic carbocycles. The van der Waals surface area contributed by atoms with Gasteiger partial charge in [-0.05, 0) is 43.4 Å². The number of hydrogen-bond donors (Lipinski definition) is 1. The van der Waals surface area contributed by atoms with Crippen LogP contribution in [0.15, 0.2) is 18.2 Å². The molecular weight excluding hydrogens is 248 g/mol. The van der Waals surface area contributed by atoms with E-state index in [2.05, 4.69) is 6.92 Å². The van der Waals surface area contributed by atoms with Crippen molar-refractivity contribution >= 4 is 11.6 Å². The van der Waals surface area contributed by atoms with Crippen molar-refractivity contribution in [1.29, 1.82) is 0 Å². The van der Waals surface area contributed by atoms with Gasteiger partial charge in [0, 0.05) is 17.0 Å². The first-order chi connectivity index (χ1) is 8.61. The zero-order valence-electron chi connectivity index (χ0n) is 10.7. The number of halogens is 1. The Morgan fingerprint density at radius 2 is 2.22 bits per heavy atom. The molecule has 2 unspecified atom stereocenters. The molecule has 2 nitrogen and oxygen atoms in total. The predicted octanol–water partition coefficient (Wildman–Crippen LogP) is 4.10. The fourth-order valence-corrected chi connectivity index (χ4v) is 3.59. The van der Waals surface area contributed by atoms with Gasteiger partial charge < -0.3 is 9.84 Å². The first-order valence-corrected chi connectivity index (χ1v) is 7.15. The molecule has 0 saturated heterocycles. The summed E-state index contributed by atoms with van der Waals surface area (Å²) in [6.07, 6.45) is 4.95. The molecule has 3 atom stereocenters. The first-order valence-electron chi connectivity index (χ1n) is 6.77. The molecule has 1 fully saturated rings. The van der Waals surface area contributed by atoms with Crippen LogP contribution in [0.3, 0.4) is 0 Å². The van der Waals surface area contributed by atoms with Crippen molar-refractivity contribution in [3.05, 3.63) is 28.8 Å². The molecule has 1 spiro atoms. The standard InChI is InChI=1S/C15H19ClO2/c1-10-4-2-3-7-15(10)9-13(17)12-8-11(16)5-6-14(12)18-15/h5-6,8,10,13,17H,2-4,7,9H2,1H3/t10?,13-,15?/m1/s1. The van der Waals surface area contributed by atoms with Crippen LogP contribution in [0.2, 0.25) is 5.02 Å². The van der Waals surface area contributed by atoms with Crippen LogP contribution < -0.4 is 4.74 Å². The van der Waals surface area contributed by atoms with Gasteiger partial charge in [-0.3, -0.25) is 0 Å². The summed E-state index contributed by atoms with van der Waals surface area (Å²) in [5.74, 6) is 1.32. The summed E-state index contributed by atoms with van der Waals surface area (Å²) in [6, 6.07) is 5.55. The van der Waals surface area contributed by atoms with Gasteiger partial charge >= 0.3 is 0 Å². The van der Waals surface area contributed by atoms with E-state index in [-0.39, 0.29) is 5.60 Å². The third-order valence-electron chi connectivity index (χ3n) is 4.57. The number of aliphatic hydroxyl groups excluding tert-OH is 1. The molecule has 0 aromatic heterocycles. The van der Waals surface area contributed by atoms with Gasteiger partial charge in [-0.25, -0.2) is 0 Å². The second kappa shape index (κ2) is 4.43. The third kappa shape index (κ3) is 1.92. The van der Waals surface area contributed by atoms with E-state index in [0.717, 1.165) is 17.7 Å². The SMILES string of the molecule is CC1CCCCC12C[C@@H](O)c1cc(Cl)ccc1O2. The number of benzene rings is 1. The van der Waals surface area contributed by atoms with Crippen LogP contribution >= 0.6 is 11.6 Å². The Labute approximate surface area is 113 Å². The van der Waals surface area contributed by atoms with Crippen LogP contribution in [-0.4, -0.2) is 10.7 Å². The Kier molecular flexibility index (Phi) is 3.03. The fourth-order valence-electron chi connectivity index (χ4n) is 3.41. The fraction of sp³-hybridized carbons (Fsp3) is 0.600. The van der Waals surface area contributed by atoms with E-state index < -0.39 is 6.10 Å². The van der Waals surface area contributed by atoms with E-state index in [9.17, 15) is 5.11 Å². The Bertz CT molecular complexity index is 460. The lowest BCUT2D eigenvalue weighted by Crippen LogP contribution is -2.48. The highest BCUT2D eigenvalue weighted by atomic mass is 35.5. The molecule has 2 aliphatic rings. The van der Waals surface area contributed by atoms with Crippen LogP contribution in [-0.2, 0) is 0 Å². The van der Waals surface area contributed by atoms with Crippen LogP contribution in [0, 0.1) is 5.92 Å². The van der Waals surface area contributed by atoms with Crippen molar-refractivity contribution in [2.75, 3.05) is 0 Å². The number of aliphatic hydroxyl groups is 1. The van der Waals surface area contributed by atoms with Gasteiger partial charge in [0.2, 0.25) is 0 Å². The predicted molar refractivity (Wildman–Crippen MR) is 72.0 cm³/mol. The average molecular weight is 267 g/mol. The summed E-state index contributed by atoms with van der Waals surface area (Å²) in [6.45, 7) is 2.24. The Morgan fingerprint density at radius 3 is 3.00 bits per heavy atom. The number of rotatable bonds is 0. The second-order valence-electron chi connectivity index (χ2n) is 5.72. The van der Waals surface area contributed by atoms with Crippen molar-refractivity contribution in [3.63, 3.8) is 0 Å². The minimum absolute atomic E-state index is 0.168. The van der Waals surface area contributed by atoms with Gasteiger partial charge in [-0.15, -0.1) is 0 Å². The Balaban J connectivity index is 1.98. The highest BCUT2D eigenvalue weighted by Crippen LogP contribution is 2.48. The molecule has 1 aliphatic heterocycles. The molecule has 1 aromatic rings. The summed E-state index contributed by atoms with van der Waals surface area (Å²) < 4.78 is 6.28. The first kappa shape index (κ1) is 12.3. The van der Waals surface area contributed by atoms with Crippen molar-refractivity contribution in [1.82, 2.24) is 0 Å². The van der Waals surface area contributed by atoms with E-state index in [4.69, 9.17) is 16.3 Å². The Hall–Kier alpha value is -0.730. The highest BCUT2D eigenvalue weighted by Gasteiger charge is 2.45. The average Bonchev–Trinajstić information content (AvgIpc) is 2.34. The van der Waals surface area contributed by atoms with Crippen molar-refractivity contribution < 1.29 is 9.84 Å². The molecule has 0 bridgehead atoms. The molecule has 0 radical (unpaired) electrons. The van der Waals surface area contributed by atoms with E-state index in [1.807, 2.05) is 18.2 Å². The summed E-state index contributed by atoms with van der Waals surface area (Å²) in [5.41, 5.74) is 0.671. The summed E-state index contributed by atoms with van der Waals surface area (Å²) in [7, 11) is 0. The lowest BCUT2D eigenvalue weighted by molar-refractivity contribution is -0.0717. The zero-order chi connectivity index (χ0) is 12.8. The Morgan fingerprint density at radius 1 is 1.39 bits per heavy atom. The lowest BCUT2D eigenvalue weighted by Gasteiger charge is -2.47. The lowest BCUT2D eigenvalue weighted by atomic mass is 9.71. The van der Waals surface area contributed by atoms with Crippen molar-refractivity contribution in [2.45, 2.75) is 50.7 Å². The molecule has 98 valence electrons. The summed E-state index contributed by atoms with van der Waals surface area (Å²) in [4.78, 5) is 0. The quantitative estimate of drug-likeness (QED) is 0.766. The maximum absolute atomic E-state index is 10.4. The highest BCUT2D eigenvalue weighted by molar-refractivity contribution is 6.30.